The smallest absolute Gasteiger partial charge is 0.0669 e. The fraction of sp³-hybridized carbons (Fsp3) is 0.455. The van der Waals surface area contributed by atoms with Gasteiger partial charge in [0.1, 0.15) is 0 Å². The Morgan fingerprint density at radius 1 is 1.31 bits per heavy atom. The SMILES string of the molecule is c1ccc(SCC2CCCO2)cc1. The van der Waals surface area contributed by atoms with Gasteiger partial charge in [-0.15, -0.1) is 11.8 Å². The van der Waals surface area contributed by atoms with Crippen LogP contribution in [0.15, 0.2) is 35.2 Å². The van der Waals surface area contributed by atoms with Crippen molar-refractivity contribution < 1.29 is 4.74 Å². The second-order valence-corrected chi connectivity index (χ2v) is 4.35. The van der Waals surface area contributed by atoms with Crippen molar-refractivity contribution >= 4 is 11.8 Å². The van der Waals surface area contributed by atoms with Crippen LogP contribution in [0.25, 0.3) is 0 Å². The van der Waals surface area contributed by atoms with E-state index in [-0.39, 0.29) is 0 Å². The maximum atomic E-state index is 5.55. The first-order valence-corrected chi connectivity index (χ1v) is 5.73. The first-order valence-electron chi connectivity index (χ1n) is 4.74. The highest BCUT2D eigenvalue weighted by Crippen LogP contribution is 2.23. The van der Waals surface area contributed by atoms with Gasteiger partial charge in [0, 0.05) is 17.3 Å². The van der Waals surface area contributed by atoms with Crippen LogP contribution in [0.3, 0.4) is 0 Å². The van der Waals surface area contributed by atoms with Gasteiger partial charge in [0.25, 0.3) is 0 Å². The van der Waals surface area contributed by atoms with Crippen LogP contribution in [0.2, 0.25) is 0 Å². The molecule has 0 spiro atoms. The molecule has 1 unspecified atom stereocenters. The van der Waals surface area contributed by atoms with Crippen molar-refractivity contribution in [2.24, 2.45) is 0 Å². The highest BCUT2D eigenvalue weighted by Gasteiger charge is 2.14. The Balaban J connectivity index is 1.79. The fourth-order valence-electron chi connectivity index (χ4n) is 1.48. The molecule has 1 aromatic carbocycles. The van der Waals surface area contributed by atoms with Crippen molar-refractivity contribution in [3.05, 3.63) is 30.3 Å². The molecule has 1 heterocycles. The van der Waals surface area contributed by atoms with Gasteiger partial charge in [0.15, 0.2) is 0 Å². The summed E-state index contributed by atoms with van der Waals surface area (Å²) in [5.74, 6) is 1.10. The molecular weight excluding hydrogens is 180 g/mol. The van der Waals surface area contributed by atoms with E-state index in [0.717, 1.165) is 12.4 Å². The average molecular weight is 194 g/mol. The summed E-state index contributed by atoms with van der Waals surface area (Å²) in [6.45, 7) is 0.958. The summed E-state index contributed by atoms with van der Waals surface area (Å²) in [5.41, 5.74) is 0. The summed E-state index contributed by atoms with van der Waals surface area (Å²) in [7, 11) is 0. The van der Waals surface area contributed by atoms with E-state index < -0.39 is 0 Å². The number of thioether (sulfide) groups is 1. The van der Waals surface area contributed by atoms with Crippen molar-refractivity contribution in [1.29, 1.82) is 0 Å². The molecular formula is C11H14OS. The lowest BCUT2D eigenvalue weighted by atomic mass is 10.3. The van der Waals surface area contributed by atoms with Gasteiger partial charge in [-0.05, 0) is 25.0 Å². The number of benzene rings is 1. The van der Waals surface area contributed by atoms with Crippen molar-refractivity contribution in [1.82, 2.24) is 0 Å². The van der Waals surface area contributed by atoms with E-state index in [4.69, 9.17) is 4.74 Å². The minimum absolute atomic E-state index is 0.491. The summed E-state index contributed by atoms with van der Waals surface area (Å²) in [5, 5.41) is 0. The lowest BCUT2D eigenvalue weighted by molar-refractivity contribution is 0.129. The van der Waals surface area contributed by atoms with Crippen LogP contribution in [0.4, 0.5) is 0 Å². The van der Waals surface area contributed by atoms with E-state index in [1.165, 1.54) is 17.7 Å². The summed E-state index contributed by atoms with van der Waals surface area (Å²) in [6, 6.07) is 10.5. The van der Waals surface area contributed by atoms with Crippen molar-refractivity contribution in [3.8, 4) is 0 Å². The van der Waals surface area contributed by atoms with E-state index in [1.807, 2.05) is 11.8 Å². The van der Waals surface area contributed by atoms with Crippen LogP contribution in [0.5, 0.6) is 0 Å². The molecule has 1 atom stereocenters. The average Bonchev–Trinajstić information content (AvgIpc) is 2.69. The first-order chi connectivity index (χ1) is 6.45. The Kier molecular flexibility index (Phi) is 3.27. The van der Waals surface area contributed by atoms with Gasteiger partial charge in [-0.2, -0.15) is 0 Å². The third kappa shape index (κ3) is 2.75. The molecule has 0 aliphatic carbocycles. The van der Waals surface area contributed by atoms with Crippen LogP contribution in [0, 0.1) is 0 Å². The third-order valence-corrected chi connectivity index (χ3v) is 3.35. The van der Waals surface area contributed by atoms with Crippen molar-refractivity contribution in [3.63, 3.8) is 0 Å². The second-order valence-electron chi connectivity index (χ2n) is 3.26. The molecule has 0 radical (unpaired) electrons. The number of hydrogen-bond donors (Lipinski definition) is 0. The lowest BCUT2D eigenvalue weighted by Crippen LogP contribution is -2.07. The highest BCUT2D eigenvalue weighted by atomic mass is 32.2. The Labute approximate surface area is 83.5 Å². The Bertz CT molecular complexity index is 242. The largest absolute Gasteiger partial charge is 0.377 e. The molecule has 13 heavy (non-hydrogen) atoms. The van der Waals surface area contributed by atoms with Gasteiger partial charge in [-0.1, -0.05) is 18.2 Å². The Morgan fingerprint density at radius 3 is 2.85 bits per heavy atom. The predicted octanol–water partition coefficient (Wildman–Crippen LogP) is 2.96. The van der Waals surface area contributed by atoms with Crippen molar-refractivity contribution in [2.75, 3.05) is 12.4 Å². The summed E-state index contributed by atoms with van der Waals surface area (Å²) >= 11 is 1.89. The second kappa shape index (κ2) is 4.68. The zero-order chi connectivity index (χ0) is 8.93. The van der Waals surface area contributed by atoms with E-state index in [1.54, 1.807) is 0 Å². The molecule has 0 saturated carbocycles. The van der Waals surface area contributed by atoms with Gasteiger partial charge >= 0.3 is 0 Å². The normalized spacial score (nSPS) is 22.0. The van der Waals surface area contributed by atoms with Crippen molar-refractivity contribution in [2.45, 2.75) is 23.8 Å². The third-order valence-electron chi connectivity index (χ3n) is 2.20. The van der Waals surface area contributed by atoms with Crippen LogP contribution >= 0.6 is 11.8 Å². The molecule has 0 bridgehead atoms. The van der Waals surface area contributed by atoms with Gasteiger partial charge in [-0.3, -0.25) is 0 Å². The summed E-state index contributed by atoms with van der Waals surface area (Å²) < 4.78 is 5.55. The molecule has 1 fully saturated rings. The van der Waals surface area contributed by atoms with E-state index in [0.29, 0.717) is 6.10 Å². The van der Waals surface area contributed by atoms with Crippen LogP contribution in [-0.4, -0.2) is 18.5 Å². The van der Waals surface area contributed by atoms with Gasteiger partial charge < -0.3 is 4.74 Å². The maximum absolute atomic E-state index is 5.55. The van der Waals surface area contributed by atoms with Gasteiger partial charge in [0.2, 0.25) is 0 Å². The molecule has 0 amide bonds. The zero-order valence-corrected chi connectivity index (χ0v) is 8.43. The predicted molar refractivity (Wildman–Crippen MR) is 56.1 cm³/mol. The standard InChI is InChI=1S/C11H14OS/c1-2-6-11(7-3-1)13-9-10-5-4-8-12-10/h1-3,6-7,10H,4-5,8-9H2. The molecule has 2 rings (SSSR count). The first kappa shape index (κ1) is 9.10. The van der Waals surface area contributed by atoms with Crippen LogP contribution in [-0.2, 0) is 4.74 Å². The van der Waals surface area contributed by atoms with Crippen LogP contribution < -0.4 is 0 Å². The molecule has 0 aromatic heterocycles. The Hall–Kier alpha value is -0.470. The summed E-state index contributed by atoms with van der Waals surface area (Å²) in [4.78, 5) is 1.35. The minimum Gasteiger partial charge on any atom is -0.377 e. The fourth-order valence-corrected chi connectivity index (χ4v) is 2.47. The molecule has 70 valence electrons. The molecule has 0 N–H and O–H groups in total. The maximum Gasteiger partial charge on any atom is 0.0669 e. The van der Waals surface area contributed by atoms with E-state index >= 15 is 0 Å². The molecule has 1 saturated heterocycles. The minimum atomic E-state index is 0.491. The Morgan fingerprint density at radius 2 is 2.15 bits per heavy atom. The lowest BCUT2D eigenvalue weighted by Gasteiger charge is -2.07. The highest BCUT2D eigenvalue weighted by molar-refractivity contribution is 7.99. The summed E-state index contributed by atoms with van der Waals surface area (Å²) in [6.07, 6.45) is 2.96. The monoisotopic (exact) mass is 194 g/mol. The van der Waals surface area contributed by atoms with Gasteiger partial charge in [-0.25, -0.2) is 0 Å². The zero-order valence-electron chi connectivity index (χ0n) is 7.61. The topological polar surface area (TPSA) is 9.23 Å². The quantitative estimate of drug-likeness (QED) is 0.684. The number of rotatable bonds is 3. The number of ether oxygens (including phenoxy) is 1. The van der Waals surface area contributed by atoms with E-state index in [9.17, 15) is 0 Å². The molecule has 1 aromatic rings. The molecule has 1 aliphatic heterocycles. The molecule has 2 heteroatoms. The van der Waals surface area contributed by atoms with Crippen LogP contribution in [0.1, 0.15) is 12.8 Å². The molecule has 1 nitrogen and oxygen atoms in total. The van der Waals surface area contributed by atoms with E-state index in [2.05, 4.69) is 30.3 Å². The molecule has 1 aliphatic rings. The van der Waals surface area contributed by atoms with Gasteiger partial charge in [0.05, 0.1) is 6.10 Å². The number of hydrogen-bond acceptors (Lipinski definition) is 2.